The van der Waals surface area contributed by atoms with Crippen molar-refractivity contribution in [3.63, 3.8) is 0 Å². The maximum absolute atomic E-state index is 14.5. The van der Waals surface area contributed by atoms with E-state index in [9.17, 15) is 14.0 Å². The van der Waals surface area contributed by atoms with Crippen molar-refractivity contribution in [2.24, 2.45) is 0 Å². The van der Waals surface area contributed by atoms with E-state index in [1.807, 2.05) is 30.3 Å². The summed E-state index contributed by atoms with van der Waals surface area (Å²) in [5.74, 6) is -0.774. The Hall–Kier alpha value is -4.12. The van der Waals surface area contributed by atoms with Crippen molar-refractivity contribution >= 4 is 23.7 Å². The van der Waals surface area contributed by atoms with E-state index in [4.69, 9.17) is 14.9 Å². The molecule has 0 radical (unpaired) electrons. The highest BCUT2D eigenvalue weighted by Gasteiger charge is 2.24. The summed E-state index contributed by atoms with van der Waals surface area (Å²) in [6.07, 6.45) is 2.26. The number of hydrogen-bond donors (Lipinski definition) is 4. The van der Waals surface area contributed by atoms with E-state index in [1.54, 1.807) is 19.0 Å². The van der Waals surface area contributed by atoms with Gasteiger partial charge in [-0.25, -0.2) is 14.0 Å². The van der Waals surface area contributed by atoms with Crippen LogP contribution in [0, 0.1) is 11.2 Å². The molecule has 11 heteroatoms. The minimum Gasteiger partial charge on any atom is -0.444 e. The lowest BCUT2D eigenvalue weighted by atomic mass is 10.0. The molecule has 2 aromatic carbocycles. The number of ether oxygens (including phenoxy) is 2. The summed E-state index contributed by atoms with van der Waals surface area (Å²) >= 11 is 0. The van der Waals surface area contributed by atoms with Gasteiger partial charge in [-0.2, -0.15) is 0 Å². The Bertz CT molecular complexity index is 1120. The molecule has 4 N–H and O–H groups in total. The van der Waals surface area contributed by atoms with Crippen LogP contribution in [-0.4, -0.2) is 68.1 Å². The fraction of sp³-hybridized carbons (Fsp3) is 0.346. The van der Waals surface area contributed by atoms with Crippen molar-refractivity contribution in [3.05, 3.63) is 71.8 Å². The fourth-order valence-corrected chi connectivity index (χ4v) is 3.74. The Balaban J connectivity index is 1.51. The number of anilines is 1. The summed E-state index contributed by atoms with van der Waals surface area (Å²) in [5, 5.41) is 16.0. The zero-order valence-corrected chi connectivity index (χ0v) is 21.2. The largest absolute Gasteiger partial charge is 0.444 e. The zero-order valence-electron chi connectivity index (χ0n) is 21.2. The molecule has 0 unspecified atom stereocenters. The van der Waals surface area contributed by atoms with Crippen LogP contribution >= 0.6 is 0 Å². The summed E-state index contributed by atoms with van der Waals surface area (Å²) in [6, 6.07) is 12.7. The van der Waals surface area contributed by atoms with Crippen LogP contribution in [0.3, 0.4) is 0 Å². The molecule has 3 rings (SSSR count). The van der Waals surface area contributed by atoms with Crippen LogP contribution in [0.5, 0.6) is 5.75 Å². The van der Waals surface area contributed by atoms with Crippen LogP contribution in [0.1, 0.15) is 18.4 Å². The fourth-order valence-electron chi connectivity index (χ4n) is 3.74. The highest BCUT2D eigenvalue weighted by atomic mass is 19.1. The van der Waals surface area contributed by atoms with Crippen LogP contribution in [-0.2, 0) is 11.3 Å². The first-order valence-corrected chi connectivity index (χ1v) is 11.9. The van der Waals surface area contributed by atoms with E-state index in [-0.39, 0.29) is 41.8 Å². The molecule has 2 aromatic rings. The molecule has 0 atom stereocenters. The Morgan fingerprint density at radius 2 is 1.89 bits per heavy atom. The van der Waals surface area contributed by atoms with E-state index >= 15 is 0 Å². The van der Waals surface area contributed by atoms with Gasteiger partial charge in [0, 0.05) is 32.3 Å². The van der Waals surface area contributed by atoms with Crippen LogP contribution in [0.25, 0.3) is 0 Å². The molecule has 10 nitrogen and oxygen atoms in total. The number of urea groups is 1. The van der Waals surface area contributed by atoms with Gasteiger partial charge >= 0.3 is 12.1 Å². The van der Waals surface area contributed by atoms with Crippen molar-refractivity contribution in [2.45, 2.75) is 25.5 Å². The minimum absolute atomic E-state index is 0.0483. The monoisotopic (exact) mass is 512 g/mol. The van der Waals surface area contributed by atoms with Crippen molar-refractivity contribution < 1.29 is 23.5 Å². The SMILES string of the molecule is CN/C(=C\C(=N)Oc1ccc(NC(=O)OCc2ccccc2)c(F)c1)NC(=O)N(C)C1CCN(C)CC1. The van der Waals surface area contributed by atoms with Gasteiger partial charge in [0.2, 0.25) is 5.90 Å². The third-order valence-corrected chi connectivity index (χ3v) is 5.96. The molecule has 0 saturated carbocycles. The normalized spacial score (nSPS) is 14.4. The van der Waals surface area contributed by atoms with Gasteiger partial charge in [0.25, 0.3) is 0 Å². The molecule has 1 saturated heterocycles. The summed E-state index contributed by atoms with van der Waals surface area (Å²) in [5.41, 5.74) is 0.714. The number of halogens is 1. The first-order valence-electron chi connectivity index (χ1n) is 11.9. The van der Waals surface area contributed by atoms with Gasteiger partial charge in [-0.15, -0.1) is 0 Å². The number of amides is 3. The number of benzene rings is 2. The Labute approximate surface area is 215 Å². The molecule has 37 heavy (non-hydrogen) atoms. The standard InChI is InChI=1S/C26H33FN6O4/c1-29-24(31-25(34)33(3)19-11-13-32(2)14-12-19)16-23(28)37-20-9-10-22(21(27)15-20)30-26(35)36-17-18-7-5-4-6-8-18/h4-10,15-16,19,28-29H,11-14,17H2,1-3H3,(H,30,35)(H,31,34)/b24-16+,28-23?. The van der Waals surface area contributed by atoms with E-state index in [2.05, 4.69) is 27.9 Å². The predicted molar refractivity (Wildman–Crippen MR) is 139 cm³/mol. The number of carbonyl (C=O) groups is 2. The molecule has 1 aliphatic rings. The molecule has 198 valence electrons. The maximum Gasteiger partial charge on any atom is 0.412 e. The minimum atomic E-state index is -0.799. The van der Waals surface area contributed by atoms with Crippen molar-refractivity contribution in [1.29, 1.82) is 5.41 Å². The van der Waals surface area contributed by atoms with Crippen LogP contribution < -0.4 is 20.7 Å². The number of carbonyl (C=O) groups excluding carboxylic acids is 2. The summed E-state index contributed by atoms with van der Waals surface area (Å²) in [4.78, 5) is 28.5. The Morgan fingerprint density at radius 1 is 1.19 bits per heavy atom. The third-order valence-electron chi connectivity index (χ3n) is 5.96. The quantitative estimate of drug-likeness (QED) is 0.316. The van der Waals surface area contributed by atoms with Gasteiger partial charge < -0.3 is 24.6 Å². The average molecular weight is 513 g/mol. The van der Waals surface area contributed by atoms with Gasteiger partial charge in [0.1, 0.15) is 18.2 Å². The third kappa shape index (κ3) is 8.50. The predicted octanol–water partition coefficient (Wildman–Crippen LogP) is 3.73. The first kappa shape index (κ1) is 27.5. The van der Waals surface area contributed by atoms with E-state index < -0.39 is 11.9 Å². The zero-order chi connectivity index (χ0) is 26.8. The van der Waals surface area contributed by atoms with Crippen molar-refractivity contribution in [3.8, 4) is 5.75 Å². The van der Waals surface area contributed by atoms with E-state index in [0.29, 0.717) is 0 Å². The van der Waals surface area contributed by atoms with Gasteiger partial charge in [-0.05, 0) is 50.7 Å². The smallest absolute Gasteiger partial charge is 0.412 e. The number of piperidine rings is 1. The lowest BCUT2D eigenvalue weighted by Gasteiger charge is -2.35. The van der Waals surface area contributed by atoms with Crippen LogP contribution in [0.2, 0.25) is 0 Å². The number of likely N-dealkylation sites (tertiary alicyclic amines) is 1. The molecule has 1 heterocycles. The number of nitrogens with zero attached hydrogens (tertiary/aromatic N) is 2. The number of rotatable bonds is 8. The van der Waals surface area contributed by atoms with Crippen molar-refractivity contribution in [2.75, 3.05) is 39.5 Å². The topological polar surface area (TPSA) is 119 Å². The molecule has 0 aromatic heterocycles. The van der Waals surface area contributed by atoms with Gasteiger partial charge in [0.15, 0.2) is 5.82 Å². The maximum atomic E-state index is 14.5. The second-order valence-electron chi connectivity index (χ2n) is 8.68. The number of nitrogens with one attached hydrogen (secondary N) is 4. The molecule has 1 aliphatic heterocycles. The molecule has 0 spiro atoms. The second-order valence-corrected chi connectivity index (χ2v) is 8.68. The Morgan fingerprint density at radius 3 is 2.54 bits per heavy atom. The molecule has 0 bridgehead atoms. The second kappa shape index (κ2) is 13.3. The molecular formula is C26H33FN6O4. The summed E-state index contributed by atoms with van der Waals surface area (Å²) < 4.78 is 25.0. The first-order chi connectivity index (χ1) is 17.7. The molecule has 3 amide bonds. The van der Waals surface area contributed by atoms with Crippen LogP contribution in [0.15, 0.2) is 60.4 Å². The molecular weight excluding hydrogens is 479 g/mol. The van der Waals surface area contributed by atoms with Crippen molar-refractivity contribution in [1.82, 2.24) is 20.4 Å². The van der Waals surface area contributed by atoms with E-state index in [0.717, 1.165) is 37.6 Å². The highest BCUT2D eigenvalue weighted by molar-refractivity contribution is 5.89. The number of hydrogen-bond acceptors (Lipinski definition) is 7. The van der Waals surface area contributed by atoms with Gasteiger partial charge in [-0.3, -0.25) is 16.0 Å². The van der Waals surface area contributed by atoms with E-state index in [1.165, 1.54) is 18.2 Å². The summed E-state index contributed by atoms with van der Waals surface area (Å²) in [6.45, 7) is 1.90. The highest BCUT2D eigenvalue weighted by Crippen LogP contribution is 2.21. The lowest BCUT2D eigenvalue weighted by Crippen LogP contribution is -2.48. The summed E-state index contributed by atoms with van der Waals surface area (Å²) in [7, 11) is 5.41. The lowest BCUT2D eigenvalue weighted by molar-refractivity contribution is 0.149. The molecule has 1 fully saturated rings. The van der Waals surface area contributed by atoms with Gasteiger partial charge in [-0.1, -0.05) is 30.3 Å². The van der Waals surface area contributed by atoms with Crippen LogP contribution in [0.4, 0.5) is 19.7 Å². The molecule has 0 aliphatic carbocycles. The van der Waals surface area contributed by atoms with Gasteiger partial charge in [0.05, 0.1) is 5.69 Å². The Kier molecular flexibility index (Phi) is 9.84. The average Bonchev–Trinajstić information content (AvgIpc) is 2.89.